The quantitative estimate of drug-likeness (QED) is 0.879. The molecule has 1 aromatic rings. The zero-order chi connectivity index (χ0) is 13.8. The van der Waals surface area contributed by atoms with E-state index in [2.05, 4.69) is 29.3 Å². The summed E-state index contributed by atoms with van der Waals surface area (Å²) >= 11 is 1.82. The summed E-state index contributed by atoms with van der Waals surface area (Å²) < 4.78 is 0. The monoisotopic (exact) mass is 281 g/mol. The Morgan fingerprint density at radius 3 is 2.68 bits per heavy atom. The largest absolute Gasteiger partial charge is 0.359 e. The van der Waals surface area contributed by atoms with Gasteiger partial charge in [0.1, 0.15) is 0 Å². The predicted octanol–water partition coefficient (Wildman–Crippen LogP) is 1.51. The van der Waals surface area contributed by atoms with Crippen molar-refractivity contribution in [2.24, 2.45) is 11.7 Å². The number of amides is 1. The summed E-state index contributed by atoms with van der Waals surface area (Å²) in [6, 6.07) is 4.65. The van der Waals surface area contributed by atoms with Gasteiger partial charge in [-0.3, -0.25) is 9.69 Å². The van der Waals surface area contributed by atoms with E-state index in [4.69, 9.17) is 5.73 Å². The fraction of sp³-hybridized carbons (Fsp3) is 0.643. The predicted molar refractivity (Wildman–Crippen MR) is 79.2 cm³/mol. The van der Waals surface area contributed by atoms with Gasteiger partial charge in [0, 0.05) is 29.3 Å². The molecule has 5 heteroatoms. The summed E-state index contributed by atoms with van der Waals surface area (Å²) in [5, 5.41) is 2.75. The van der Waals surface area contributed by atoms with Crippen molar-refractivity contribution in [3.05, 3.63) is 21.9 Å². The number of carbonyl (C=O) groups excluding carboxylic acids is 1. The van der Waals surface area contributed by atoms with Gasteiger partial charge in [-0.1, -0.05) is 0 Å². The Morgan fingerprint density at radius 1 is 1.53 bits per heavy atom. The lowest BCUT2D eigenvalue weighted by molar-refractivity contribution is -0.126. The Bertz CT molecular complexity index is 424. The number of hydrogen-bond donors (Lipinski definition) is 2. The average Bonchev–Trinajstić information content (AvgIpc) is 2.86. The Hall–Kier alpha value is -0.910. The van der Waals surface area contributed by atoms with E-state index in [0.717, 1.165) is 25.9 Å². The van der Waals surface area contributed by atoms with Crippen LogP contribution >= 0.6 is 11.3 Å². The molecule has 1 saturated heterocycles. The molecule has 2 rings (SSSR count). The van der Waals surface area contributed by atoms with Crippen LogP contribution in [0.4, 0.5) is 0 Å². The van der Waals surface area contributed by atoms with Crippen molar-refractivity contribution in [2.45, 2.75) is 25.8 Å². The topological polar surface area (TPSA) is 58.4 Å². The van der Waals surface area contributed by atoms with E-state index in [0.29, 0.717) is 12.6 Å². The first kappa shape index (κ1) is 14.5. The van der Waals surface area contributed by atoms with Crippen LogP contribution in [0.1, 0.15) is 28.6 Å². The van der Waals surface area contributed by atoms with E-state index in [1.54, 1.807) is 7.05 Å². The van der Waals surface area contributed by atoms with Crippen molar-refractivity contribution >= 4 is 17.2 Å². The molecule has 0 spiro atoms. The van der Waals surface area contributed by atoms with E-state index >= 15 is 0 Å². The third-order valence-corrected chi connectivity index (χ3v) is 5.00. The highest BCUT2D eigenvalue weighted by Crippen LogP contribution is 2.30. The molecule has 106 valence electrons. The lowest BCUT2D eigenvalue weighted by Gasteiger charge is -2.36. The number of thiophene rings is 1. The van der Waals surface area contributed by atoms with Gasteiger partial charge in [-0.25, -0.2) is 0 Å². The van der Waals surface area contributed by atoms with Gasteiger partial charge < -0.3 is 11.1 Å². The van der Waals surface area contributed by atoms with Crippen molar-refractivity contribution in [1.82, 2.24) is 10.2 Å². The lowest BCUT2D eigenvalue weighted by atomic mass is 9.94. The SMILES string of the molecule is CNC(=O)C1CCN(C(CN)c2ccc(C)s2)CC1. The van der Waals surface area contributed by atoms with Crippen LogP contribution in [-0.2, 0) is 4.79 Å². The van der Waals surface area contributed by atoms with Crippen molar-refractivity contribution in [1.29, 1.82) is 0 Å². The van der Waals surface area contributed by atoms with Gasteiger partial charge in [-0.2, -0.15) is 0 Å². The van der Waals surface area contributed by atoms with Crippen LogP contribution in [0.25, 0.3) is 0 Å². The zero-order valence-electron chi connectivity index (χ0n) is 11.7. The molecule has 0 aromatic carbocycles. The van der Waals surface area contributed by atoms with E-state index in [1.165, 1.54) is 9.75 Å². The molecule has 1 aromatic heterocycles. The first-order chi connectivity index (χ1) is 9.15. The average molecular weight is 281 g/mol. The minimum atomic E-state index is 0.171. The second-order valence-corrected chi connectivity index (χ2v) is 6.44. The lowest BCUT2D eigenvalue weighted by Crippen LogP contribution is -2.42. The molecule has 1 amide bonds. The Morgan fingerprint density at radius 2 is 2.21 bits per heavy atom. The normalized spacial score (nSPS) is 19.3. The molecule has 1 aliphatic rings. The zero-order valence-corrected chi connectivity index (χ0v) is 12.5. The molecular weight excluding hydrogens is 258 g/mol. The number of likely N-dealkylation sites (tertiary alicyclic amines) is 1. The summed E-state index contributed by atoms with van der Waals surface area (Å²) in [6.07, 6.45) is 1.86. The molecule has 0 bridgehead atoms. The highest BCUT2D eigenvalue weighted by molar-refractivity contribution is 7.12. The molecular formula is C14H23N3OS. The summed E-state index contributed by atoms with van der Waals surface area (Å²) in [5.74, 6) is 0.348. The Balaban J connectivity index is 1.97. The third-order valence-electron chi connectivity index (χ3n) is 3.90. The van der Waals surface area contributed by atoms with Crippen molar-refractivity contribution in [2.75, 3.05) is 26.7 Å². The van der Waals surface area contributed by atoms with Gasteiger partial charge >= 0.3 is 0 Å². The van der Waals surface area contributed by atoms with Crippen LogP contribution in [0, 0.1) is 12.8 Å². The van der Waals surface area contributed by atoms with Gasteiger partial charge in [0.15, 0.2) is 0 Å². The summed E-state index contributed by atoms with van der Waals surface area (Å²) in [7, 11) is 1.71. The van der Waals surface area contributed by atoms with Gasteiger partial charge in [0.05, 0.1) is 6.04 Å². The van der Waals surface area contributed by atoms with Crippen LogP contribution in [0.5, 0.6) is 0 Å². The number of nitrogens with one attached hydrogen (secondary N) is 1. The number of rotatable bonds is 4. The highest BCUT2D eigenvalue weighted by Gasteiger charge is 2.28. The minimum Gasteiger partial charge on any atom is -0.359 e. The Labute approximate surface area is 119 Å². The van der Waals surface area contributed by atoms with E-state index in [1.807, 2.05) is 11.3 Å². The number of nitrogens with zero attached hydrogens (tertiary/aromatic N) is 1. The molecule has 1 unspecified atom stereocenters. The number of aryl methyl sites for hydroxylation is 1. The molecule has 2 heterocycles. The van der Waals surface area contributed by atoms with Gasteiger partial charge in [0.2, 0.25) is 5.91 Å². The van der Waals surface area contributed by atoms with E-state index in [-0.39, 0.29) is 11.8 Å². The highest BCUT2D eigenvalue weighted by atomic mass is 32.1. The van der Waals surface area contributed by atoms with Crippen molar-refractivity contribution in [3.8, 4) is 0 Å². The smallest absolute Gasteiger partial charge is 0.222 e. The molecule has 1 fully saturated rings. The molecule has 0 aliphatic carbocycles. The molecule has 1 aliphatic heterocycles. The van der Waals surface area contributed by atoms with Crippen LogP contribution in [0.15, 0.2) is 12.1 Å². The van der Waals surface area contributed by atoms with Crippen LogP contribution in [0.3, 0.4) is 0 Å². The fourth-order valence-corrected chi connectivity index (χ4v) is 3.78. The number of piperidine rings is 1. The maximum absolute atomic E-state index is 11.6. The maximum Gasteiger partial charge on any atom is 0.222 e. The van der Waals surface area contributed by atoms with Crippen molar-refractivity contribution in [3.63, 3.8) is 0 Å². The third kappa shape index (κ3) is 3.35. The van der Waals surface area contributed by atoms with Gasteiger partial charge in [-0.15, -0.1) is 11.3 Å². The minimum absolute atomic E-state index is 0.171. The van der Waals surface area contributed by atoms with Crippen LogP contribution in [0.2, 0.25) is 0 Å². The van der Waals surface area contributed by atoms with Gasteiger partial charge in [-0.05, 0) is 45.0 Å². The van der Waals surface area contributed by atoms with Crippen molar-refractivity contribution < 1.29 is 4.79 Å². The Kier molecular flexibility index (Phi) is 4.96. The van der Waals surface area contributed by atoms with E-state index < -0.39 is 0 Å². The number of hydrogen-bond acceptors (Lipinski definition) is 4. The van der Waals surface area contributed by atoms with E-state index in [9.17, 15) is 4.79 Å². The first-order valence-corrected chi connectivity index (χ1v) is 7.69. The standard InChI is InChI=1S/C14H23N3OS/c1-10-3-4-13(19-10)12(9-15)17-7-5-11(6-8-17)14(18)16-2/h3-4,11-12H,5-9,15H2,1-2H3,(H,16,18). The maximum atomic E-state index is 11.6. The molecule has 3 N–H and O–H groups in total. The summed E-state index contributed by atoms with van der Waals surface area (Å²) in [6.45, 7) is 4.68. The fourth-order valence-electron chi connectivity index (χ4n) is 2.76. The second kappa shape index (κ2) is 6.50. The first-order valence-electron chi connectivity index (χ1n) is 6.87. The summed E-state index contributed by atoms with van der Waals surface area (Å²) in [5.41, 5.74) is 5.95. The molecule has 1 atom stereocenters. The molecule has 19 heavy (non-hydrogen) atoms. The molecule has 4 nitrogen and oxygen atoms in total. The number of nitrogens with two attached hydrogens (primary N) is 1. The molecule has 0 radical (unpaired) electrons. The summed E-state index contributed by atoms with van der Waals surface area (Å²) in [4.78, 5) is 16.7. The molecule has 0 saturated carbocycles. The van der Waals surface area contributed by atoms with Gasteiger partial charge in [0.25, 0.3) is 0 Å². The number of carbonyl (C=O) groups is 1. The second-order valence-electron chi connectivity index (χ2n) is 5.12. The van der Waals surface area contributed by atoms with Crippen LogP contribution < -0.4 is 11.1 Å². The van der Waals surface area contributed by atoms with Crippen LogP contribution in [-0.4, -0.2) is 37.5 Å².